The van der Waals surface area contributed by atoms with Crippen LogP contribution in [0, 0.1) is 5.82 Å². The Balaban J connectivity index is 0.00000196. The van der Waals surface area contributed by atoms with E-state index in [1.165, 1.54) is 12.1 Å². The fraction of sp³-hybridized carbons (Fsp3) is 0.300. The molecule has 1 unspecified atom stereocenters. The second-order valence-corrected chi connectivity index (χ2v) is 3.02. The molecule has 0 heterocycles. The predicted octanol–water partition coefficient (Wildman–Crippen LogP) is 1.64. The van der Waals surface area contributed by atoms with E-state index in [1.54, 1.807) is 19.1 Å². The molecule has 1 aromatic rings. The molecule has 0 bridgehead atoms. The molecule has 0 spiro atoms. The molecule has 0 aliphatic carbocycles. The van der Waals surface area contributed by atoms with E-state index in [9.17, 15) is 9.18 Å². The Kier molecular flexibility index (Phi) is 5.89. The van der Waals surface area contributed by atoms with Gasteiger partial charge in [0.05, 0.1) is 0 Å². The van der Waals surface area contributed by atoms with E-state index < -0.39 is 12.0 Å². The third-order valence-corrected chi connectivity index (χ3v) is 1.67. The Hall–Kier alpha value is -1.13. The van der Waals surface area contributed by atoms with Crippen LogP contribution < -0.4 is 5.73 Å². The summed E-state index contributed by atoms with van der Waals surface area (Å²) in [5.74, 6) is -0.776. The largest absolute Gasteiger partial charge is 0.460 e. The number of esters is 1. The van der Waals surface area contributed by atoms with E-state index >= 15 is 0 Å². The monoisotopic (exact) mass is 233 g/mol. The van der Waals surface area contributed by atoms with Crippen molar-refractivity contribution >= 4 is 18.4 Å². The molecule has 0 saturated carbocycles. The van der Waals surface area contributed by atoms with Gasteiger partial charge in [-0.2, -0.15) is 0 Å². The van der Waals surface area contributed by atoms with Crippen LogP contribution in [-0.4, -0.2) is 12.0 Å². The molecule has 1 rings (SSSR count). The number of benzene rings is 1. The number of rotatable bonds is 3. The van der Waals surface area contributed by atoms with Gasteiger partial charge in [0.15, 0.2) is 0 Å². The molecule has 0 aromatic heterocycles. The van der Waals surface area contributed by atoms with Crippen molar-refractivity contribution in [3.8, 4) is 0 Å². The van der Waals surface area contributed by atoms with E-state index in [1.807, 2.05) is 0 Å². The first kappa shape index (κ1) is 13.9. The molecule has 84 valence electrons. The molecule has 1 aromatic carbocycles. The molecule has 15 heavy (non-hydrogen) atoms. The third kappa shape index (κ3) is 4.76. The third-order valence-electron chi connectivity index (χ3n) is 1.67. The topological polar surface area (TPSA) is 52.3 Å². The van der Waals surface area contributed by atoms with Crippen molar-refractivity contribution in [1.82, 2.24) is 0 Å². The molecule has 2 N–H and O–H groups in total. The summed E-state index contributed by atoms with van der Waals surface area (Å²) in [7, 11) is 0. The first-order valence-electron chi connectivity index (χ1n) is 4.26. The van der Waals surface area contributed by atoms with Gasteiger partial charge in [0.1, 0.15) is 18.5 Å². The molecular weight excluding hydrogens is 221 g/mol. The highest BCUT2D eigenvalue weighted by atomic mass is 35.5. The smallest absolute Gasteiger partial charge is 0.322 e. The van der Waals surface area contributed by atoms with Gasteiger partial charge >= 0.3 is 5.97 Å². The van der Waals surface area contributed by atoms with Crippen LogP contribution in [0.15, 0.2) is 24.3 Å². The highest BCUT2D eigenvalue weighted by Gasteiger charge is 2.08. The molecule has 0 saturated heterocycles. The Morgan fingerprint density at radius 3 is 2.47 bits per heavy atom. The van der Waals surface area contributed by atoms with E-state index in [2.05, 4.69) is 0 Å². The van der Waals surface area contributed by atoms with Gasteiger partial charge < -0.3 is 10.5 Å². The summed E-state index contributed by atoms with van der Waals surface area (Å²) in [5.41, 5.74) is 6.03. The average Bonchev–Trinajstić information content (AvgIpc) is 2.16. The summed E-state index contributed by atoms with van der Waals surface area (Å²) in [6, 6.07) is 5.12. The minimum absolute atomic E-state index is 0. The van der Waals surface area contributed by atoms with Crippen molar-refractivity contribution < 1.29 is 13.9 Å². The quantitative estimate of drug-likeness (QED) is 0.808. The molecule has 0 amide bonds. The van der Waals surface area contributed by atoms with Gasteiger partial charge in [0.2, 0.25) is 0 Å². The summed E-state index contributed by atoms with van der Waals surface area (Å²) in [6.45, 7) is 1.67. The van der Waals surface area contributed by atoms with Crippen LogP contribution in [0.1, 0.15) is 12.5 Å². The van der Waals surface area contributed by atoms with Gasteiger partial charge in [-0.1, -0.05) is 12.1 Å². The molecule has 3 nitrogen and oxygen atoms in total. The number of hydrogen-bond acceptors (Lipinski definition) is 3. The summed E-state index contributed by atoms with van der Waals surface area (Å²) in [4.78, 5) is 11.0. The van der Waals surface area contributed by atoms with Crippen molar-refractivity contribution in [3.05, 3.63) is 35.6 Å². The normalized spacial score (nSPS) is 11.4. The zero-order chi connectivity index (χ0) is 10.6. The number of halogens is 2. The Bertz CT molecular complexity index is 314. The molecule has 1 atom stereocenters. The van der Waals surface area contributed by atoms with Crippen LogP contribution >= 0.6 is 12.4 Å². The number of ether oxygens (including phenoxy) is 1. The molecule has 0 radical (unpaired) electrons. The summed E-state index contributed by atoms with van der Waals surface area (Å²) in [6.07, 6.45) is 0. The van der Waals surface area contributed by atoms with Crippen molar-refractivity contribution in [1.29, 1.82) is 0 Å². The van der Waals surface area contributed by atoms with Crippen molar-refractivity contribution in [2.45, 2.75) is 19.6 Å². The maximum atomic E-state index is 12.5. The van der Waals surface area contributed by atoms with Crippen LogP contribution in [0.25, 0.3) is 0 Å². The van der Waals surface area contributed by atoms with E-state index in [4.69, 9.17) is 10.5 Å². The standard InChI is InChI=1S/C10H12FNO2.ClH/c1-7(12)10(13)14-6-8-2-4-9(11)5-3-8;/h2-5,7H,6,12H2,1H3;1H. The number of nitrogens with two attached hydrogens (primary N) is 1. The highest BCUT2D eigenvalue weighted by Crippen LogP contribution is 2.04. The zero-order valence-electron chi connectivity index (χ0n) is 8.27. The highest BCUT2D eigenvalue weighted by molar-refractivity contribution is 5.85. The fourth-order valence-corrected chi connectivity index (χ4v) is 0.867. The molecular formula is C10H13ClFNO2. The minimum atomic E-state index is -0.629. The predicted molar refractivity (Wildman–Crippen MR) is 57.1 cm³/mol. The van der Waals surface area contributed by atoms with Crippen LogP contribution in [0.5, 0.6) is 0 Å². The Morgan fingerprint density at radius 2 is 2.00 bits per heavy atom. The Labute approximate surface area is 93.8 Å². The van der Waals surface area contributed by atoms with Crippen molar-refractivity contribution in [2.75, 3.05) is 0 Å². The van der Waals surface area contributed by atoms with Crippen LogP contribution in [0.3, 0.4) is 0 Å². The lowest BCUT2D eigenvalue weighted by atomic mass is 10.2. The van der Waals surface area contributed by atoms with Gasteiger partial charge in [-0.25, -0.2) is 4.39 Å². The first-order chi connectivity index (χ1) is 6.59. The van der Waals surface area contributed by atoms with Crippen LogP contribution in [0.2, 0.25) is 0 Å². The van der Waals surface area contributed by atoms with Crippen LogP contribution in [-0.2, 0) is 16.1 Å². The summed E-state index contributed by atoms with van der Waals surface area (Å²) in [5, 5.41) is 0. The fourth-order valence-electron chi connectivity index (χ4n) is 0.867. The maximum Gasteiger partial charge on any atom is 0.322 e. The van der Waals surface area contributed by atoms with Gasteiger partial charge in [-0.3, -0.25) is 4.79 Å². The molecule has 5 heteroatoms. The minimum Gasteiger partial charge on any atom is -0.460 e. The van der Waals surface area contributed by atoms with Gasteiger partial charge in [-0.05, 0) is 24.6 Å². The maximum absolute atomic E-state index is 12.5. The lowest BCUT2D eigenvalue weighted by molar-refractivity contribution is -0.146. The number of carbonyl (C=O) groups is 1. The SMILES string of the molecule is CC(N)C(=O)OCc1ccc(F)cc1.Cl. The summed E-state index contributed by atoms with van der Waals surface area (Å²) >= 11 is 0. The van der Waals surface area contributed by atoms with E-state index in [0.29, 0.717) is 0 Å². The van der Waals surface area contributed by atoms with Gasteiger partial charge in [0, 0.05) is 0 Å². The van der Waals surface area contributed by atoms with E-state index in [-0.39, 0.29) is 24.8 Å². The summed E-state index contributed by atoms with van der Waals surface area (Å²) < 4.78 is 17.3. The number of hydrogen-bond donors (Lipinski definition) is 1. The lowest BCUT2D eigenvalue weighted by Gasteiger charge is -2.06. The zero-order valence-corrected chi connectivity index (χ0v) is 9.09. The van der Waals surface area contributed by atoms with Gasteiger partial charge in [0.25, 0.3) is 0 Å². The lowest BCUT2D eigenvalue weighted by Crippen LogP contribution is -2.28. The first-order valence-corrected chi connectivity index (χ1v) is 4.26. The second kappa shape index (κ2) is 6.37. The van der Waals surface area contributed by atoms with Crippen LogP contribution in [0.4, 0.5) is 4.39 Å². The molecule has 0 aliphatic rings. The molecule has 0 fully saturated rings. The molecule has 0 aliphatic heterocycles. The number of carbonyl (C=O) groups excluding carboxylic acids is 1. The van der Waals surface area contributed by atoms with Gasteiger partial charge in [-0.15, -0.1) is 12.4 Å². The van der Waals surface area contributed by atoms with E-state index in [0.717, 1.165) is 5.56 Å². The Morgan fingerprint density at radius 1 is 1.47 bits per heavy atom. The van der Waals surface area contributed by atoms with Crippen molar-refractivity contribution in [2.24, 2.45) is 5.73 Å². The average molecular weight is 234 g/mol. The van der Waals surface area contributed by atoms with Crippen molar-refractivity contribution in [3.63, 3.8) is 0 Å². The second-order valence-electron chi connectivity index (χ2n) is 3.02.